The van der Waals surface area contributed by atoms with Gasteiger partial charge in [-0.2, -0.15) is 0 Å². The van der Waals surface area contributed by atoms with Crippen molar-refractivity contribution in [2.75, 3.05) is 12.4 Å². The van der Waals surface area contributed by atoms with E-state index in [0.717, 1.165) is 5.69 Å². The minimum Gasteiger partial charge on any atom is -0.336 e. The van der Waals surface area contributed by atoms with Gasteiger partial charge in [-0.05, 0) is 18.1 Å². The molecule has 2 amide bonds. The number of benzene rings is 1. The molecule has 0 aliphatic carbocycles. The summed E-state index contributed by atoms with van der Waals surface area (Å²) in [4.78, 5) is 24.2. The lowest BCUT2D eigenvalue weighted by Gasteiger charge is -2.26. The van der Waals surface area contributed by atoms with Crippen molar-refractivity contribution in [3.63, 3.8) is 0 Å². The first kappa shape index (κ1) is 13.2. The van der Waals surface area contributed by atoms with Gasteiger partial charge in [-0.15, -0.1) is 0 Å². The van der Waals surface area contributed by atoms with Crippen molar-refractivity contribution in [1.29, 1.82) is 0 Å². The molecule has 0 spiro atoms. The number of nitrogens with one attached hydrogen (secondary N) is 1. The molecule has 0 fully saturated rings. The summed E-state index contributed by atoms with van der Waals surface area (Å²) < 4.78 is 0. The smallest absolute Gasteiger partial charge is 0.247 e. The highest BCUT2D eigenvalue weighted by molar-refractivity contribution is 5.95. The van der Waals surface area contributed by atoms with Crippen LogP contribution >= 0.6 is 0 Å². The monoisotopic (exact) mass is 234 g/mol. The Morgan fingerprint density at radius 3 is 2.35 bits per heavy atom. The number of rotatable bonds is 5. The van der Waals surface area contributed by atoms with E-state index in [1.807, 2.05) is 44.2 Å². The second kappa shape index (κ2) is 6.03. The van der Waals surface area contributed by atoms with Crippen molar-refractivity contribution in [3.05, 3.63) is 30.3 Å². The number of anilines is 1. The Balaban J connectivity index is 2.76. The van der Waals surface area contributed by atoms with Crippen LogP contribution in [-0.4, -0.2) is 30.3 Å². The van der Waals surface area contributed by atoms with Crippen LogP contribution in [0.15, 0.2) is 30.3 Å². The highest BCUT2D eigenvalue weighted by Gasteiger charge is 2.25. The lowest BCUT2D eigenvalue weighted by Crippen LogP contribution is -2.44. The van der Waals surface area contributed by atoms with E-state index in [1.54, 1.807) is 7.05 Å². The number of hydrogen-bond acceptors (Lipinski definition) is 2. The summed E-state index contributed by atoms with van der Waals surface area (Å²) in [6, 6.07) is 8.76. The molecule has 4 heteroatoms. The summed E-state index contributed by atoms with van der Waals surface area (Å²) in [5.41, 5.74) is 0.738. The Kier molecular flexibility index (Phi) is 4.69. The van der Waals surface area contributed by atoms with E-state index in [9.17, 15) is 9.59 Å². The minimum absolute atomic E-state index is 0.0638. The molecular weight excluding hydrogens is 216 g/mol. The number of nitrogens with zero attached hydrogens (tertiary/aromatic N) is 1. The van der Waals surface area contributed by atoms with Crippen LogP contribution in [0.2, 0.25) is 0 Å². The van der Waals surface area contributed by atoms with E-state index in [1.165, 1.54) is 4.90 Å². The SMILES string of the molecule is CC(C)[C@@H](C(=O)Nc1ccccc1)N(C)C=O. The fourth-order valence-electron chi connectivity index (χ4n) is 1.76. The quantitative estimate of drug-likeness (QED) is 0.789. The average molecular weight is 234 g/mol. The third-order valence-corrected chi connectivity index (χ3v) is 2.55. The van der Waals surface area contributed by atoms with Crippen molar-refractivity contribution in [2.45, 2.75) is 19.9 Å². The Hall–Kier alpha value is -1.84. The largest absolute Gasteiger partial charge is 0.336 e. The van der Waals surface area contributed by atoms with Crippen LogP contribution in [0.4, 0.5) is 5.69 Å². The Morgan fingerprint density at radius 1 is 1.29 bits per heavy atom. The first-order chi connectivity index (χ1) is 8.06. The van der Waals surface area contributed by atoms with Gasteiger partial charge in [0.25, 0.3) is 0 Å². The van der Waals surface area contributed by atoms with Gasteiger partial charge in [-0.3, -0.25) is 9.59 Å². The van der Waals surface area contributed by atoms with Crippen LogP contribution in [-0.2, 0) is 9.59 Å². The van der Waals surface area contributed by atoms with Crippen molar-refractivity contribution in [2.24, 2.45) is 5.92 Å². The van der Waals surface area contributed by atoms with Gasteiger partial charge in [0.2, 0.25) is 12.3 Å². The van der Waals surface area contributed by atoms with Crippen LogP contribution in [0.25, 0.3) is 0 Å². The number of carbonyl (C=O) groups is 2. The Bertz CT molecular complexity index is 376. The van der Waals surface area contributed by atoms with Crippen molar-refractivity contribution < 1.29 is 9.59 Å². The summed E-state index contributed by atoms with van der Waals surface area (Å²) in [5.74, 6) is -0.102. The van der Waals surface area contributed by atoms with Crippen LogP contribution in [0.5, 0.6) is 0 Å². The van der Waals surface area contributed by atoms with Crippen LogP contribution in [0, 0.1) is 5.92 Å². The summed E-state index contributed by atoms with van der Waals surface area (Å²) in [6.45, 7) is 3.82. The van der Waals surface area contributed by atoms with E-state index < -0.39 is 6.04 Å². The predicted octanol–water partition coefficient (Wildman–Crippen LogP) is 1.74. The van der Waals surface area contributed by atoms with E-state index in [0.29, 0.717) is 6.41 Å². The maximum absolute atomic E-state index is 12.0. The van der Waals surface area contributed by atoms with Crippen molar-refractivity contribution in [1.82, 2.24) is 4.90 Å². The highest BCUT2D eigenvalue weighted by atomic mass is 16.2. The molecule has 1 aromatic rings. The molecule has 92 valence electrons. The third-order valence-electron chi connectivity index (χ3n) is 2.55. The number of carbonyl (C=O) groups excluding carboxylic acids is 2. The van der Waals surface area contributed by atoms with Gasteiger partial charge in [0.15, 0.2) is 0 Å². The van der Waals surface area contributed by atoms with E-state index in [2.05, 4.69) is 5.32 Å². The van der Waals surface area contributed by atoms with Gasteiger partial charge in [0.05, 0.1) is 0 Å². The zero-order valence-electron chi connectivity index (χ0n) is 10.4. The van der Waals surface area contributed by atoms with E-state index >= 15 is 0 Å². The van der Waals surface area contributed by atoms with Gasteiger partial charge in [0, 0.05) is 12.7 Å². The number of likely N-dealkylation sites (N-methyl/N-ethyl adjacent to an activating group) is 1. The van der Waals surface area contributed by atoms with Gasteiger partial charge >= 0.3 is 0 Å². The van der Waals surface area contributed by atoms with Gasteiger partial charge in [0.1, 0.15) is 6.04 Å². The van der Waals surface area contributed by atoms with Crippen molar-refractivity contribution in [3.8, 4) is 0 Å². The molecule has 0 unspecified atom stereocenters. The summed E-state index contributed by atoms with van der Waals surface area (Å²) in [6.07, 6.45) is 0.676. The molecule has 0 aliphatic heterocycles. The van der Waals surface area contributed by atoms with Gasteiger partial charge in [-0.25, -0.2) is 0 Å². The normalized spacial score (nSPS) is 12.0. The second-order valence-corrected chi connectivity index (χ2v) is 4.32. The topological polar surface area (TPSA) is 49.4 Å². The maximum atomic E-state index is 12.0. The lowest BCUT2D eigenvalue weighted by molar-refractivity contribution is -0.130. The zero-order valence-corrected chi connectivity index (χ0v) is 10.4. The molecule has 17 heavy (non-hydrogen) atoms. The first-order valence-electron chi connectivity index (χ1n) is 5.59. The molecule has 0 bridgehead atoms. The average Bonchev–Trinajstić information content (AvgIpc) is 2.29. The van der Waals surface area contributed by atoms with E-state index in [4.69, 9.17) is 0 Å². The summed E-state index contributed by atoms with van der Waals surface area (Å²) in [5, 5.41) is 2.80. The highest BCUT2D eigenvalue weighted by Crippen LogP contribution is 2.12. The third kappa shape index (κ3) is 3.59. The van der Waals surface area contributed by atoms with E-state index in [-0.39, 0.29) is 11.8 Å². The summed E-state index contributed by atoms with van der Waals surface area (Å²) in [7, 11) is 1.61. The maximum Gasteiger partial charge on any atom is 0.247 e. The van der Waals surface area contributed by atoms with Crippen LogP contribution in [0.3, 0.4) is 0 Å². The minimum atomic E-state index is -0.451. The standard InChI is InChI=1S/C13H18N2O2/c1-10(2)12(15(3)9-16)13(17)14-11-7-5-4-6-8-11/h4-10,12H,1-3H3,(H,14,17)/t12-/m0/s1. The Labute approximate surface area is 102 Å². The fourth-order valence-corrected chi connectivity index (χ4v) is 1.76. The molecule has 1 N–H and O–H groups in total. The predicted molar refractivity (Wildman–Crippen MR) is 67.5 cm³/mol. The molecule has 0 aromatic heterocycles. The summed E-state index contributed by atoms with van der Waals surface area (Å²) >= 11 is 0. The van der Waals surface area contributed by atoms with Crippen molar-refractivity contribution >= 4 is 18.0 Å². The molecule has 0 saturated heterocycles. The molecule has 0 aliphatic rings. The Morgan fingerprint density at radius 2 is 1.88 bits per heavy atom. The number of hydrogen-bond donors (Lipinski definition) is 1. The molecule has 1 aromatic carbocycles. The fraction of sp³-hybridized carbons (Fsp3) is 0.385. The second-order valence-electron chi connectivity index (χ2n) is 4.32. The molecule has 4 nitrogen and oxygen atoms in total. The van der Waals surface area contributed by atoms with Gasteiger partial charge < -0.3 is 10.2 Å². The molecular formula is C13H18N2O2. The molecule has 0 radical (unpaired) electrons. The lowest BCUT2D eigenvalue weighted by atomic mass is 10.0. The molecule has 0 saturated carbocycles. The molecule has 1 atom stereocenters. The van der Waals surface area contributed by atoms with Gasteiger partial charge in [-0.1, -0.05) is 32.0 Å². The number of para-hydroxylation sites is 1. The molecule has 0 heterocycles. The number of amides is 2. The first-order valence-corrected chi connectivity index (χ1v) is 5.59. The molecule has 1 rings (SSSR count). The van der Waals surface area contributed by atoms with Crippen LogP contribution < -0.4 is 5.32 Å². The van der Waals surface area contributed by atoms with Crippen LogP contribution in [0.1, 0.15) is 13.8 Å². The zero-order chi connectivity index (χ0) is 12.8.